The van der Waals surface area contributed by atoms with Gasteiger partial charge in [0.25, 0.3) is 0 Å². The fourth-order valence-electron chi connectivity index (χ4n) is 2.50. The fraction of sp³-hybridized carbons (Fsp3) is 0.700. The first-order chi connectivity index (χ1) is 5.75. The predicted octanol–water partition coefficient (Wildman–Crippen LogP) is 2.06. The molecule has 2 aliphatic rings. The highest BCUT2D eigenvalue weighted by atomic mass is 16.4. The van der Waals surface area contributed by atoms with Gasteiger partial charge in [0.1, 0.15) is 0 Å². The van der Waals surface area contributed by atoms with Crippen molar-refractivity contribution < 1.29 is 9.90 Å². The summed E-state index contributed by atoms with van der Waals surface area (Å²) in [6.45, 7) is 0. The van der Waals surface area contributed by atoms with Crippen molar-refractivity contribution in [2.45, 2.75) is 25.7 Å². The number of carbonyl (C=O) groups is 1. The van der Waals surface area contributed by atoms with Crippen molar-refractivity contribution in [1.29, 1.82) is 0 Å². The molecule has 2 aliphatic carbocycles. The van der Waals surface area contributed by atoms with E-state index < -0.39 is 5.97 Å². The van der Waals surface area contributed by atoms with Crippen molar-refractivity contribution >= 4 is 5.97 Å². The minimum absolute atomic E-state index is 0.0706. The summed E-state index contributed by atoms with van der Waals surface area (Å²) in [6.07, 6.45) is 8.50. The zero-order valence-electron chi connectivity index (χ0n) is 7.07. The summed E-state index contributed by atoms with van der Waals surface area (Å²) < 4.78 is 0. The molecule has 0 aliphatic heterocycles. The van der Waals surface area contributed by atoms with Crippen molar-refractivity contribution in [3.63, 3.8) is 0 Å². The Morgan fingerprint density at radius 2 is 2.17 bits per heavy atom. The summed E-state index contributed by atoms with van der Waals surface area (Å²) >= 11 is 0. The first kappa shape index (κ1) is 7.84. The van der Waals surface area contributed by atoms with E-state index in [9.17, 15) is 4.79 Å². The summed E-state index contributed by atoms with van der Waals surface area (Å²) in [5.74, 6) is 0.534. The molecule has 0 heterocycles. The molecule has 0 aromatic carbocycles. The second-order valence-corrected chi connectivity index (χ2v) is 4.03. The molecule has 0 saturated heterocycles. The quantitative estimate of drug-likeness (QED) is 0.605. The summed E-state index contributed by atoms with van der Waals surface area (Å²) in [5.41, 5.74) is 0. The molecular weight excluding hydrogens is 152 g/mol. The average Bonchev–Trinajstić information content (AvgIpc) is 2.03. The Morgan fingerprint density at radius 1 is 1.33 bits per heavy atom. The van der Waals surface area contributed by atoms with E-state index in [1.807, 2.05) is 0 Å². The number of hydrogen-bond donors (Lipinski definition) is 1. The van der Waals surface area contributed by atoms with Crippen molar-refractivity contribution in [3.8, 4) is 0 Å². The second-order valence-electron chi connectivity index (χ2n) is 4.03. The molecule has 1 fully saturated rings. The molecule has 2 bridgehead atoms. The van der Waals surface area contributed by atoms with Crippen LogP contribution in [0.4, 0.5) is 0 Å². The van der Waals surface area contributed by atoms with E-state index in [0.29, 0.717) is 11.8 Å². The maximum Gasteiger partial charge on any atom is 0.306 e. The van der Waals surface area contributed by atoms with Crippen molar-refractivity contribution in [2.24, 2.45) is 17.8 Å². The molecule has 2 nitrogen and oxygen atoms in total. The first-order valence-corrected chi connectivity index (χ1v) is 4.65. The molecule has 0 amide bonds. The van der Waals surface area contributed by atoms with Crippen LogP contribution in [0, 0.1) is 17.8 Å². The van der Waals surface area contributed by atoms with Crippen LogP contribution in [0.5, 0.6) is 0 Å². The first-order valence-electron chi connectivity index (χ1n) is 4.65. The number of hydrogen-bond acceptors (Lipinski definition) is 1. The number of carboxylic acid groups (broad SMARTS) is 1. The van der Waals surface area contributed by atoms with Crippen LogP contribution < -0.4 is 0 Å². The van der Waals surface area contributed by atoms with Crippen LogP contribution in [0.15, 0.2) is 12.2 Å². The van der Waals surface area contributed by atoms with Gasteiger partial charge in [-0.05, 0) is 37.5 Å². The Labute approximate surface area is 72.3 Å². The van der Waals surface area contributed by atoms with E-state index in [-0.39, 0.29) is 5.92 Å². The van der Waals surface area contributed by atoms with E-state index in [1.54, 1.807) is 0 Å². The van der Waals surface area contributed by atoms with Crippen LogP contribution in [0.25, 0.3) is 0 Å². The van der Waals surface area contributed by atoms with Crippen molar-refractivity contribution in [2.75, 3.05) is 0 Å². The normalized spacial score (nSPS) is 39.5. The highest BCUT2D eigenvalue weighted by Crippen LogP contribution is 2.39. The Balaban J connectivity index is 2.07. The van der Waals surface area contributed by atoms with E-state index in [4.69, 9.17) is 5.11 Å². The molecule has 0 radical (unpaired) electrons. The van der Waals surface area contributed by atoms with Crippen LogP contribution in [-0.4, -0.2) is 11.1 Å². The maximum atomic E-state index is 10.8. The molecule has 1 N–H and O–H groups in total. The fourth-order valence-corrected chi connectivity index (χ4v) is 2.50. The average molecular weight is 166 g/mol. The largest absolute Gasteiger partial charge is 0.481 e. The summed E-state index contributed by atoms with van der Waals surface area (Å²) in [4.78, 5) is 10.8. The lowest BCUT2D eigenvalue weighted by atomic mass is 9.71. The molecule has 3 atom stereocenters. The zero-order chi connectivity index (χ0) is 8.55. The van der Waals surface area contributed by atoms with Crippen LogP contribution in [0.1, 0.15) is 25.7 Å². The van der Waals surface area contributed by atoms with Crippen LogP contribution in [-0.2, 0) is 4.79 Å². The van der Waals surface area contributed by atoms with Gasteiger partial charge in [-0.1, -0.05) is 12.2 Å². The summed E-state index contributed by atoms with van der Waals surface area (Å²) in [6, 6.07) is 0. The molecule has 66 valence electrons. The molecular formula is C10H14O2. The third-order valence-electron chi connectivity index (χ3n) is 3.07. The molecule has 0 unspecified atom stereocenters. The van der Waals surface area contributed by atoms with Gasteiger partial charge in [0.15, 0.2) is 0 Å². The van der Waals surface area contributed by atoms with E-state index >= 15 is 0 Å². The maximum absolute atomic E-state index is 10.8. The molecule has 2 rings (SSSR count). The lowest BCUT2D eigenvalue weighted by Crippen LogP contribution is -2.28. The number of allylic oxidation sites excluding steroid dienone is 2. The smallest absolute Gasteiger partial charge is 0.306 e. The number of fused-ring (bicyclic) bond motifs is 2. The lowest BCUT2D eigenvalue weighted by Gasteiger charge is -2.33. The minimum Gasteiger partial charge on any atom is -0.481 e. The predicted molar refractivity (Wildman–Crippen MR) is 45.7 cm³/mol. The van der Waals surface area contributed by atoms with E-state index in [1.165, 1.54) is 6.42 Å². The number of carboxylic acids is 1. The van der Waals surface area contributed by atoms with Gasteiger partial charge in [0, 0.05) is 0 Å². The lowest BCUT2D eigenvalue weighted by molar-refractivity contribution is -0.143. The summed E-state index contributed by atoms with van der Waals surface area (Å²) in [7, 11) is 0. The monoisotopic (exact) mass is 166 g/mol. The van der Waals surface area contributed by atoms with Gasteiger partial charge in [-0.2, -0.15) is 0 Å². The van der Waals surface area contributed by atoms with Gasteiger partial charge in [0.2, 0.25) is 0 Å². The highest BCUT2D eigenvalue weighted by Gasteiger charge is 2.32. The van der Waals surface area contributed by atoms with Crippen LogP contribution in [0.3, 0.4) is 0 Å². The number of aliphatic carboxylic acids is 1. The Morgan fingerprint density at radius 3 is 2.83 bits per heavy atom. The Hall–Kier alpha value is -0.790. The Bertz CT molecular complexity index is 220. The van der Waals surface area contributed by atoms with Gasteiger partial charge in [-0.15, -0.1) is 0 Å². The van der Waals surface area contributed by atoms with Crippen LogP contribution in [0.2, 0.25) is 0 Å². The molecule has 0 spiro atoms. The molecule has 2 heteroatoms. The molecule has 0 aromatic rings. The van der Waals surface area contributed by atoms with Gasteiger partial charge >= 0.3 is 5.97 Å². The summed E-state index contributed by atoms with van der Waals surface area (Å²) in [5, 5.41) is 8.87. The Kier molecular flexibility index (Phi) is 1.91. The SMILES string of the molecule is O=C(O)[C@@H]1C[C@H]2C=CC[C@@H](C2)C1. The zero-order valence-corrected chi connectivity index (χ0v) is 7.07. The standard InChI is InChI=1S/C10H14O2/c11-10(12)9-5-7-2-1-3-8(4-7)6-9/h1-2,7-9H,3-6H2,(H,11,12)/t7-,8-,9+/m0/s1. The molecule has 12 heavy (non-hydrogen) atoms. The van der Waals surface area contributed by atoms with Gasteiger partial charge in [-0.25, -0.2) is 0 Å². The minimum atomic E-state index is -0.597. The molecule has 0 aromatic heterocycles. The van der Waals surface area contributed by atoms with Gasteiger partial charge in [0.05, 0.1) is 5.92 Å². The van der Waals surface area contributed by atoms with Gasteiger partial charge in [-0.3, -0.25) is 4.79 Å². The number of rotatable bonds is 1. The van der Waals surface area contributed by atoms with Crippen LogP contribution >= 0.6 is 0 Å². The van der Waals surface area contributed by atoms with Gasteiger partial charge < -0.3 is 5.11 Å². The van der Waals surface area contributed by atoms with E-state index in [0.717, 1.165) is 19.3 Å². The molecule has 1 saturated carbocycles. The second kappa shape index (κ2) is 2.92. The third kappa shape index (κ3) is 1.38. The topological polar surface area (TPSA) is 37.3 Å². The third-order valence-corrected chi connectivity index (χ3v) is 3.07. The van der Waals surface area contributed by atoms with Crippen molar-refractivity contribution in [3.05, 3.63) is 12.2 Å². The van der Waals surface area contributed by atoms with E-state index in [2.05, 4.69) is 12.2 Å². The highest BCUT2D eigenvalue weighted by molar-refractivity contribution is 5.70. The van der Waals surface area contributed by atoms with Crippen molar-refractivity contribution in [1.82, 2.24) is 0 Å².